The lowest BCUT2D eigenvalue weighted by Crippen LogP contribution is -2.38. The lowest BCUT2D eigenvalue weighted by molar-refractivity contribution is -0.0369. The Bertz CT molecular complexity index is 1320. The van der Waals surface area contributed by atoms with Crippen molar-refractivity contribution in [2.24, 2.45) is 0 Å². The van der Waals surface area contributed by atoms with Gasteiger partial charge in [0, 0.05) is 16.7 Å². The number of aromatic amines is 1. The topological polar surface area (TPSA) is 120 Å². The van der Waals surface area contributed by atoms with E-state index in [1.807, 2.05) is 13.0 Å². The van der Waals surface area contributed by atoms with E-state index in [-0.39, 0.29) is 18.2 Å². The van der Waals surface area contributed by atoms with Crippen molar-refractivity contribution >= 4 is 39.4 Å². The molecule has 1 aliphatic heterocycles. The van der Waals surface area contributed by atoms with Gasteiger partial charge >= 0.3 is 0 Å². The highest BCUT2D eigenvalue weighted by Crippen LogP contribution is 2.48. The van der Waals surface area contributed by atoms with Gasteiger partial charge in [-0.1, -0.05) is 18.2 Å². The number of alkyl halides is 2. The molecule has 34 heavy (non-hydrogen) atoms. The second-order valence-corrected chi connectivity index (χ2v) is 10.9. The van der Waals surface area contributed by atoms with Crippen LogP contribution in [0.4, 0.5) is 10.2 Å². The fourth-order valence-electron chi connectivity index (χ4n) is 4.87. The molecule has 1 aromatic carbocycles. The van der Waals surface area contributed by atoms with Gasteiger partial charge < -0.3 is 25.3 Å². The summed E-state index contributed by atoms with van der Waals surface area (Å²) in [5.41, 5.74) is 0.178. The lowest BCUT2D eigenvalue weighted by atomic mass is 9.79. The summed E-state index contributed by atoms with van der Waals surface area (Å²) in [5, 5.41) is 25.0. The summed E-state index contributed by atoms with van der Waals surface area (Å²) < 4.78 is 18.9. The van der Waals surface area contributed by atoms with Crippen molar-refractivity contribution in [3.05, 3.63) is 57.1 Å². The molecule has 180 valence electrons. The number of halogens is 2. The number of hydrogen-bond donors (Lipinski definition) is 4. The van der Waals surface area contributed by atoms with E-state index in [0.29, 0.717) is 59.7 Å². The quantitative estimate of drug-likeness (QED) is 0.273. The molecule has 2 aliphatic rings. The average molecular weight is 580 g/mol. The number of fused-ring (bicyclic) bond motifs is 2. The van der Waals surface area contributed by atoms with E-state index in [2.05, 4.69) is 20.3 Å². The molecule has 3 heterocycles. The van der Waals surface area contributed by atoms with Crippen molar-refractivity contribution in [3.63, 3.8) is 0 Å². The maximum Gasteiger partial charge on any atom is 0.255 e. The number of ether oxygens (including phenoxy) is 1. The van der Waals surface area contributed by atoms with Crippen LogP contribution in [-0.4, -0.2) is 37.9 Å². The minimum atomic E-state index is -1.57. The Morgan fingerprint density at radius 1 is 1.29 bits per heavy atom. The molecule has 5 rings (SSSR count). The monoisotopic (exact) mass is 580 g/mol. The summed E-state index contributed by atoms with van der Waals surface area (Å²) in [6.07, 6.45) is 0.968. The van der Waals surface area contributed by atoms with Crippen molar-refractivity contribution in [2.75, 3.05) is 11.9 Å². The number of anilines is 1. The number of nitrogens with one attached hydrogen (secondary N) is 2. The first-order valence-corrected chi connectivity index (χ1v) is 12.4. The zero-order valence-corrected chi connectivity index (χ0v) is 21.0. The Balaban J connectivity index is 1.55. The van der Waals surface area contributed by atoms with Gasteiger partial charge in [0.1, 0.15) is 29.6 Å². The molecule has 0 spiro atoms. The van der Waals surface area contributed by atoms with Gasteiger partial charge in [0.2, 0.25) is 3.68 Å². The highest BCUT2D eigenvalue weighted by Gasteiger charge is 2.40. The fraction of sp³-hybridized carbons (Fsp3) is 0.458. The van der Waals surface area contributed by atoms with Gasteiger partial charge in [-0.25, -0.2) is 14.4 Å². The predicted octanol–water partition coefficient (Wildman–Crippen LogP) is 3.87. The first kappa shape index (κ1) is 23.4. The van der Waals surface area contributed by atoms with Crippen LogP contribution >= 0.6 is 22.6 Å². The third-order valence-electron chi connectivity index (χ3n) is 6.76. The molecule has 0 saturated heterocycles. The standard InChI is InChI=1S/C24H26FIN4O4/c1-12(15-4-3-5-17-19(15)34-11-24(17,25)26)27-20-16-10-18(23(33)8-6-14(31)7-9-23)22(32)30-21(16)29-13(2)28-20/h3-5,10,12,14,31,33H,6-9,11H2,1-2H3,(H2,27,28,29,30,32)/t12-,14?,23?,24?/m1/s1. The van der Waals surface area contributed by atoms with Crippen molar-refractivity contribution in [1.29, 1.82) is 0 Å². The minimum absolute atomic E-state index is 0.0416. The number of H-pyrrole nitrogens is 1. The molecule has 1 unspecified atom stereocenters. The molecule has 2 aromatic heterocycles. The van der Waals surface area contributed by atoms with E-state index in [1.165, 1.54) is 0 Å². The minimum Gasteiger partial charge on any atom is -0.488 e. The second-order valence-electron chi connectivity index (χ2n) is 9.24. The molecule has 4 N–H and O–H groups in total. The largest absolute Gasteiger partial charge is 0.488 e. The van der Waals surface area contributed by atoms with Gasteiger partial charge in [-0.2, -0.15) is 0 Å². The van der Waals surface area contributed by atoms with E-state index in [1.54, 1.807) is 47.7 Å². The number of benzene rings is 1. The number of aryl methyl sites for hydroxylation is 1. The number of pyridine rings is 1. The van der Waals surface area contributed by atoms with Crippen LogP contribution in [-0.2, 0) is 9.28 Å². The number of rotatable bonds is 4. The number of aromatic nitrogens is 3. The lowest BCUT2D eigenvalue weighted by Gasteiger charge is -2.34. The summed E-state index contributed by atoms with van der Waals surface area (Å²) in [4.78, 5) is 24.6. The zero-order valence-electron chi connectivity index (χ0n) is 18.9. The van der Waals surface area contributed by atoms with Crippen molar-refractivity contribution in [2.45, 2.75) is 61.0 Å². The third kappa shape index (κ3) is 4.05. The molecule has 1 fully saturated rings. The first-order chi connectivity index (χ1) is 16.1. The van der Waals surface area contributed by atoms with Gasteiger partial charge in [0.05, 0.1) is 23.1 Å². The molecule has 2 atom stereocenters. The Hall–Kier alpha value is -2.31. The molecular weight excluding hydrogens is 554 g/mol. The summed E-state index contributed by atoms with van der Waals surface area (Å²) in [6.45, 7) is 3.62. The van der Waals surface area contributed by atoms with E-state index < -0.39 is 20.9 Å². The van der Waals surface area contributed by atoms with E-state index in [4.69, 9.17) is 4.74 Å². The molecule has 0 amide bonds. The highest BCUT2D eigenvalue weighted by atomic mass is 127. The van der Waals surface area contributed by atoms with Gasteiger partial charge in [0.15, 0.2) is 0 Å². The van der Waals surface area contributed by atoms with Crippen LogP contribution in [0, 0.1) is 6.92 Å². The first-order valence-electron chi connectivity index (χ1n) is 11.3. The number of para-hydroxylation sites is 1. The molecule has 0 bridgehead atoms. The van der Waals surface area contributed by atoms with E-state index >= 15 is 0 Å². The van der Waals surface area contributed by atoms with Gasteiger partial charge in [0.25, 0.3) is 5.56 Å². The highest BCUT2D eigenvalue weighted by molar-refractivity contribution is 14.1. The van der Waals surface area contributed by atoms with Crippen molar-refractivity contribution in [1.82, 2.24) is 15.0 Å². The zero-order chi connectivity index (χ0) is 24.3. The number of nitrogens with zero attached hydrogens (tertiary/aromatic N) is 2. The van der Waals surface area contributed by atoms with Crippen LogP contribution in [0.2, 0.25) is 0 Å². The summed E-state index contributed by atoms with van der Waals surface area (Å²) >= 11 is 1.76. The molecular formula is C24H26FIN4O4. The van der Waals surface area contributed by atoms with E-state index in [9.17, 15) is 19.4 Å². The maximum atomic E-state index is 14.8. The van der Waals surface area contributed by atoms with Crippen molar-refractivity contribution in [3.8, 4) is 5.75 Å². The molecule has 0 radical (unpaired) electrons. The van der Waals surface area contributed by atoms with Crippen LogP contribution in [0.15, 0.2) is 29.1 Å². The summed E-state index contributed by atoms with van der Waals surface area (Å²) in [6, 6.07) is 6.77. The van der Waals surface area contributed by atoms with E-state index in [0.717, 1.165) is 5.56 Å². The summed E-state index contributed by atoms with van der Waals surface area (Å²) in [5.74, 6) is 1.48. The van der Waals surface area contributed by atoms with Crippen LogP contribution in [0.3, 0.4) is 0 Å². The number of aliphatic hydroxyl groups is 2. The molecule has 3 aromatic rings. The Morgan fingerprint density at radius 3 is 2.76 bits per heavy atom. The SMILES string of the molecule is Cc1nc(N[C@H](C)c2cccc3c2OCC3(F)I)c2cc(C3(O)CCC(O)CC3)c(=O)[nH]c2n1. The second kappa shape index (κ2) is 8.42. The third-order valence-corrected chi connectivity index (χ3v) is 7.66. The smallest absolute Gasteiger partial charge is 0.255 e. The Kier molecular flexibility index (Phi) is 5.80. The van der Waals surface area contributed by atoms with Gasteiger partial charge in [-0.05, 0) is 68.2 Å². The number of hydrogen-bond acceptors (Lipinski definition) is 7. The Labute approximate surface area is 209 Å². The fourth-order valence-corrected chi connectivity index (χ4v) is 5.45. The average Bonchev–Trinajstić information content (AvgIpc) is 3.10. The molecule has 1 saturated carbocycles. The summed E-state index contributed by atoms with van der Waals surface area (Å²) in [7, 11) is 0. The molecule has 8 nitrogen and oxygen atoms in total. The van der Waals surface area contributed by atoms with Crippen LogP contribution in [0.25, 0.3) is 11.0 Å². The van der Waals surface area contributed by atoms with Crippen LogP contribution in [0.1, 0.15) is 61.2 Å². The number of aliphatic hydroxyl groups excluding tert-OH is 1. The molecule has 1 aliphatic carbocycles. The normalized spacial score (nSPS) is 27.3. The predicted molar refractivity (Wildman–Crippen MR) is 134 cm³/mol. The maximum absolute atomic E-state index is 14.8. The van der Waals surface area contributed by atoms with Crippen molar-refractivity contribution < 1.29 is 19.3 Å². The van der Waals surface area contributed by atoms with Gasteiger partial charge in [-0.15, -0.1) is 0 Å². The molecule has 10 heteroatoms. The van der Waals surface area contributed by atoms with Crippen LogP contribution in [0.5, 0.6) is 5.75 Å². The van der Waals surface area contributed by atoms with Crippen LogP contribution < -0.4 is 15.6 Å². The Morgan fingerprint density at radius 2 is 2.03 bits per heavy atom. The van der Waals surface area contributed by atoms with Gasteiger partial charge in [-0.3, -0.25) is 4.79 Å².